The summed E-state index contributed by atoms with van der Waals surface area (Å²) < 4.78 is 0. The first kappa shape index (κ1) is 25.6. The second kappa shape index (κ2) is 13.0. The smallest absolute Gasteiger partial charge is 0.246 e. The van der Waals surface area contributed by atoms with Crippen molar-refractivity contribution in [3.8, 4) is 0 Å². The third-order valence-corrected chi connectivity index (χ3v) is 5.23. The third-order valence-electron chi connectivity index (χ3n) is 5.23. The molecule has 0 aliphatic heterocycles. The molecule has 0 amide bonds. The van der Waals surface area contributed by atoms with E-state index in [0.717, 1.165) is 57.8 Å². The Balaban J connectivity index is 2.59. The first-order valence-electron chi connectivity index (χ1n) is 11.9. The normalized spacial score (nSPS) is 11.2. The van der Waals surface area contributed by atoms with Gasteiger partial charge in [0.2, 0.25) is 17.8 Å². The Morgan fingerprint density at radius 2 is 1.25 bits per heavy atom. The SMILES string of the molecule is CCCN(c1nc(Nc2cccc(N)c2)nc(N(CCC)N(CC)CC)n1)N(CC)CC. The molecule has 9 nitrogen and oxygen atoms in total. The van der Waals surface area contributed by atoms with E-state index in [2.05, 4.69) is 66.9 Å². The molecule has 0 spiro atoms. The minimum atomic E-state index is 0.511. The molecular formula is C23H41N9. The van der Waals surface area contributed by atoms with Gasteiger partial charge in [-0.3, -0.25) is 10.0 Å². The van der Waals surface area contributed by atoms with Gasteiger partial charge >= 0.3 is 0 Å². The summed E-state index contributed by atoms with van der Waals surface area (Å²) in [5.41, 5.74) is 7.52. The predicted octanol–water partition coefficient (Wildman–Crippen LogP) is 4.14. The summed E-state index contributed by atoms with van der Waals surface area (Å²) in [7, 11) is 0. The van der Waals surface area contributed by atoms with Gasteiger partial charge in [-0.2, -0.15) is 15.0 Å². The number of nitrogens with zero attached hydrogens (tertiary/aromatic N) is 7. The molecule has 2 rings (SSSR count). The summed E-state index contributed by atoms with van der Waals surface area (Å²) >= 11 is 0. The molecule has 0 radical (unpaired) electrons. The van der Waals surface area contributed by atoms with Gasteiger partial charge in [-0.1, -0.05) is 47.6 Å². The molecule has 0 saturated carbocycles. The largest absolute Gasteiger partial charge is 0.399 e. The van der Waals surface area contributed by atoms with Crippen LogP contribution in [0.1, 0.15) is 54.4 Å². The summed E-state index contributed by atoms with van der Waals surface area (Å²) in [4.78, 5) is 14.6. The maximum Gasteiger partial charge on any atom is 0.246 e. The second-order valence-corrected chi connectivity index (χ2v) is 7.53. The van der Waals surface area contributed by atoms with E-state index in [1.165, 1.54) is 0 Å². The Bertz CT molecular complexity index is 766. The lowest BCUT2D eigenvalue weighted by molar-refractivity contribution is 0.263. The van der Waals surface area contributed by atoms with E-state index in [1.54, 1.807) is 0 Å². The molecule has 1 heterocycles. The van der Waals surface area contributed by atoms with Crippen LogP contribution in [0.2, 0.25) is 0 Å². The van der Waals surface area contributed by atoms with Crippen molar-refractivity contribution in [1.82, 2.24) is 25.0 Å². The number of anilines is 5. The number of nitrogens with one attached hydrogen (secondary N) is 1. The lowest BCUT2D eigenvalue weighted by Gasteiger charge is -2.36. The molecule has 32 heavy (non-hydrogen) atoms. The quantitative estimate of drug-likeness (QED) is 0.330. The van der Waals surface area contributed by atoms with Gasteiger partial charge in [0.25, 0.3) is 0 Å². The second-order valence-electron chi connectivity index (χ2n) is 7.53. The van der Waals surface area contributed by atoms with E-state index >= 15 is 0 Å². The fourth-order valence-corrected chi connectivity index (χ4v) is 3.68. The fraction of sp³-hybridized carbons (Fsp3) is 0.609. The molecule has 0 unspecified atom stereocenters. The Hall–Kier alpha value is -2.65. The van der Waals surface area contributed by atoms with Crippen molar-refractivity contribution in [2.75, 3.05) is 60.3 Å². The number of benzene rings is 1. The maximum atomic E-state index is 5.98. The van der Waals surface area contributed by atoms with Crippen LogP contribution in [0.25, 0.3) is 0 Å². The van der Waals surface area contributed by atoms with Gasteiger partial charge in [0.05, 0.1) is 0 Å². The van der Waals surface area contributed by atoms with E-state index in [9.17, 15) is 0 Å². The van der Waals surface area contributed by atoms with Crippen LogP contribution in [-0.2, 0) is 0 Å². The molecule has 0 fully saturated rings. The zero-order valence-electron chi connectivity index (χ0n) is 20.7. The first-order chi connectivity index (χ1) is 15.5. The highest BCUT2D eigenvalue weighted by Crippen LogP contribution is 2.23. The van der Waals surface area contributed by atoms with E-state index in [0.29, 0.717) is 23.5 Å². The van der Waals surface area contributed by atoms with Crippen LogP contribution in [0.15, 0.2) is 24.3 Å². The van der Waals surface area contributed by atoms with Gasteiger partial charge in [0.1, 0.15) is 0 Å². The van der Waals surface area contributed by atoms with Crippen LogP contribution in [-0.4, -0.2) is 64.2 Å². The van der Waals surface area contributed by atoms with Crippen LogP contribution >= 0.6 is 0 Å². The predicted molar refractivity (Wildman–Crippen MR) is 135 cm³/mol. The highest BCUT2D eigenvalue weighted by molar-refractivity contribution is 5.60. The number of nitrogens with two attached hydrogens (primary N) is 1. The molecule has 1 aromatic carbocycles. The lowest BCUT2D eigenvalue weighted by atomic mass is 10.3. The van der Waals surface area contributed by atoms with Crippen molar-refractivity contribution in [1.29, 1.82) is 0 Å². The summed E-state index contributed by atoms with van der Waals surface area (Å²) in [6.07, 6.45) is 1.98. The molecule has 0 atom stereocenters. The van der Waals surface area contributed by atoms with Crippen LogP contribution < -0.4 is 21.1 Å². The van der Waals surface area contributed by atoms with E-state index in [4.69, 9.17) is 20.7 Å². The Kier molecular flexibility index (Phi) is 10.4. The van der Waals surface area contributed by atoms with Crippen molar-refractivity contribution < 1.29 is 0 Å². The van der Waals surface area contributed by atoms with Crippen molar-refractivity contribution in [2.45, 2.75) is 54.4 Å². The van der Waals surface area contributed by atoms with E-state index in [1.807, 2.05) is 24.3 Å². The topological polar surface area (TPSA) is 89.7 Å². The average Bonchev–Trinajstić information content (AvgIpc) is 2.79. The van der Waals surface area contributed by atoms with Gasteiger partial charge in [-0.25, -0.2) is 10.0 Å². The number of hydrogen-bond acceptors (Lipinski definition) is 9. The zero-order chi connectivity index (χ0) is 23.5. The summed E-state index contributed by atoms with van der Waals surface area (Å²) in [6.45, 7) is 18.1. The molecule has 1 aromatic heterocycles. The molecule has 0 saturated heterocycles. The average molecular weight is 444 g/mol. The number of aromatic nitrogens is 3. The number of rotatable bonds is 14. The van der Waals surface area contributed by atoms with Crippen molar-refractivity contribution >= 4 is 29.2 Å². The molecule has 3 N–H and O–H groups in total. The number of hydrazine groups is 2. The monoisotopic (exact) mass is 443 g/mol. The van der Waals surface area contributed by atoms with E-state index < -0.39 is 0 Å². The van der Waals surface area contributed by atoms with Crippen LogP contribution in [0, 0.1) is 0 Å². The standard InChI is InChI=1S/C23H41N9/c1-7-16-31(29(9-3)10-4)22-26-21(25-20-15-13-14-19(24)18-20)27-23(28-22)32(17-8-2)30(11-5)12-6/h13-15,18H,7-12,16-17,24H2,1-6H3,(H,25,26,27,28). The molecule has 9 heteroatoms. The van der Waals surface area contributed by atoms with Crippen molar-refractivity contribution in [3.63, 3.8) is 0 Å². The van der Waals surface area contributed by atoms with Crippen molar-refractivity contribution in [2.24, 2.45) is 0 Å². The Morgan fingerprint density at radius 1 is 0.750 bits per heavy atom. The number of hydrogen-bond donors (Lipinski definition) is 2. The molecule has 0 aliphatic rings. The zero-order valence-corrected chi connectivity index (χ0v) is 20.7. The van der Waals surface area contributed by atoms with Crippen LogP contribution in [0.4, 0.5) is 29.2 Å². The maximum absolute atomic E-state index is 5.98. The van der Waals surface area contributed by atoms with Crippen molar-refractivity contribution in [3.05, 3.63) is 24.3 Å². The Labute approximate surface area is 193 Å². The van der Waals surface area contributed by atoms with Gasteiger partial charge in [0, 0.05) is 50.6 Å². The summed E-state index contributed by atoms with van der Waals surface area (Å²) in [5, 5.41) is 12.2. The van der Waals surface area contributed by atoms with Gasteiger partial charge in [-0.15, -0.1) is 0 Å². The highest BCUT2D eigenvalue weighted by atomic mass is 15.7. The number of nitrogen functional groups attached to an aromatic ring is 1. The summed E-state index contributed by atoms with van der Waals surface area (Å²) in [5.74, 6) is 1.82. The van der Waals surface area contributed by atoms with Crippen LogP contribution in [0.5, 0.6) is 0 Å². The lowest BCUT2D eigenvalue weighted by Crippen LogP contribution is -2.46. The molecular weight excluding hydrogens is 402 g/mol. The van der Waals surface area contributed by atoms with Gasteiger partial charge in [-0.05, 0) is 31.0 Å². The highest BCUT2D eigenvalue weighted by Gasteiger charge is 2.22. The molecule has 178 valence electrons. The van der Waals surface area contributed by atoms with Crippen LogP contribution in [0.3, 0.4) is 0 Å². The fourth-order valence-electron chi connectivity index (χ4n) is 3.68. The third kappa shape index (κ3) is 6.67. The van der Waals surface area contributed by atoms with Gasteiger partial charge in [0.15, 0.2) is 0 Å². The van der Waals surface area contributed by atoms with E-state index in [-0.39, 0.29) is 0 Å². The summed E-state index contributed by atoms with van der Waals surface area (Å²) in [6, 6.07) is 7.62. The first-order valence-corrected chi connectivity index (χ1v) is 11.9. The minimum absolute atomic E-state index is 0.511. The molecule has 2 aromatic rings. The molecule has 0 bridgehead atoms. The molecule has 0 aliphatic carbocycles. The Morgan fingerprint density at radius 3 is 1.66 bits per heavy atom. The minimum Gasteiger partial charge on any atom is -0.399 e. The van der Waals surface area contributed by atoms with Gasteiger partial charge < -0.3 is 11.1 Å².